The van der Waals surface area contributed by atoms with Gasteiger partial charge in [-0.15, -0.1) is 22.7 Å². The number of benzene rings is 1. The lowest BCUT2D eigenvalue weighted by atomic mass is 10.1. The molecule has 4 heterocycles. The zero-order valence-corrected chi connectivity index (χ0v) is 17.9. The van der Waals surface area contributed by atoms with Crippen molar-refractivity contribution >= 4 is 78.1 Å². The summed E-state index contributed by atoms with van der Waals surface area (Å²) >= 11 is 6.76. The van der Waals surface area contributed by atoms with Gasteiger partial charge in [-0.2, -0.15) is 22.7 Å². The second-order valence-electron chi connectivity index (χ2n) is 6.65. The molecule has 0 aliphatic rings. The van der Waals surface area contributed by atoms with Crippen molar-refractivity contribution in [3.63, 3.8) is 0 Å². The Morgan fingerprint density at radius 3 is 1.54 bits per heavy atom. The van der Waals surface area contributed by atoms with E-state index in [9.17, 15) is 9.59 Å². The molecule has 5 aromatic rings. The maximum absolute atomic E-state index is 11.2. The maximum Gasteiger partial charge on any atom is 0.151 e. The van der Waals surface area contributed by atoms with Crippen LogP contribution >= 0.6 is 45.3 Å². The van der Waals surface area contributed by atoms with Crippen LogP contribution in [0.25, 0.3) is 20.2 Å². The first-order valence-corrected chi connectivity index (χ1v) is 12.2. The molecule has 0 bridgehead atoms. The molecular weight excluding hydrogens is 425 g/mol. The highest BCUT2D eigenvalue weighted by molar-refractivity contribution is 7.20. The predicted octanol–water partition coefficient (Wildman–Crippen LogP) is 7.05. The second kappa shape index (κ2) is 7.37. The van der Waals surface area contributed by atoms with Crippen LogP contribution < -0.4 is 0 Å². The highest BCUT2D eigenvalue weighted by atomic mass is 32.1. The summed E-state index contributed by atoms with van der Waals surface area (Å²) in [6.07, 6.45) is 3.51. The first-order chi connectivity index (χ1) is 13.7. The minimum absolute atomic E-state index is 0.802. The molecule has 0 atom stereocenters. The quantitative estimate of drug-likeness (QED) is 0.266. The molecule has 0 amide bonds. The van der Waals surface area contributed by atoms with Crippen LogP contribution in [0.15, 0.2) is 45.8 Å². The van der Waals surface area contributed by atoms with Gasteiger partial charge in [0.2, 0.25) is 0 Å². The summed E-state index contributed by atoms with van der Waals surface area (Å²) in [6, 6.07) is 9.02. The van der Waals surface area contributed by atoms with Gasteiger partial charge in [0.05, 0.1) is 0 Å². The molecule has 2 nitrogen and oxygen atoms in total. The number of hydrogen-bond donors (Lipinski definition) is 0. The third-order valence-electron chi connectivity index (χ3n) is 4.79. The Bertz CT molecular complexity index is 1170. The molecule has 0 N–H and O–H groups in total. The Hall–Kier alpha value is -2.12. The third kappa shape index (κ3) is 3.26. The largest absolute Gasteiger partial charge is 0.298 e. The van der Waals surface area contributed by atoms with E-state index in [1.807, 2.05) is 10.8 Å². The molecule has 0 fully saturated rings. The Balaban J connectivity index is 1.46. The molecule has 0 saturated carbocycles. The number of fused-ring (bicyclic) bond motifs is 2. The van der Waals surface area contributed by atoms with Gasteiger partial charge < -0.3 is 0 Å². The van der Waals surface area contributed by atoms with Gasteiger partial charge in [-0.25, -0.2) is 0 Å². The van der Waals surface area contributed by atoms with Crippen LogP contribution in [0.3, 0.4) is 0 Å². The minimum Gasteiger partial charge on any atom is -0.298 e. The standard InChI is InChI=1S/C22H14O2S4/c23-7-17-11-25-9-15(17)3-19-1-13-5-22-14(6-21(13)27-19)2-20(28-22)4-16-10-26-12-18(16)8-24/h1-2,5-12H,3-4H2. The van der Waals surface area contributed by atoms with E-state index in [4.69, 9.17) is 0 Å². The first-order valence-electron chi connectivity index (χ1n) is 8.69. The number of rotatable bonds is 6. The average Bonchev–Trinajstić information content (AvgIpc) is 3.45. The van der Waals surface area contributed by atoms with Crippen LogP contribution in [-0.2, 0) is 12.8 Å². The summed E-state index contributed by atoms with van der Waals surface area (Å²) in [6.45, 7) is 0. The Kier molecular flexibility index (Phi) is 4.72. The van der Waals surface area contributed by atoms with Crippen molar-refractivity contribution in [2.24, 2.45) is 0 Å². The van der Waals surface area contributed by atoms with Crippen LogP contribution in [-0.4, -0.2) is 12.6 Å². The summed E-state index contributed by atoms with van der Waals surface area (Å²) in [7, 11) is 0. The summed E-state index contributed by atoms with van der Waals surface area (Å²) in [4.78, 5) is 24.9. The van der Waals surface area contributed by atoms with Crippen LogP contribution in [0.1, 0.15) is 41.6 Å². The summed E-state index contributed by atoms with van der Waals surface area (Å²) in [5.74, 6) is 0. The molecule has 0 unspecified atom stereocenters. The summed E-state index contributed by atoms with van der Waals surface area (Å²) in [5.41, 5.74) is 3.82. The van der Waals surface area contributed by atoms with E-state index in [1.165, 1.54) is 29.9 Å². The van der Waals surface area contributed by atoms with E-state index in [1.54, 1.807) is 45.3 Å². The van der Waals surface area contributed by atoms with Crippen LogP contribution in [0.5, 0.6) is 0 Å². The lowest BCUT2D eigenvalue weighted by Crippen LogP contribution is -1.86. The maximum atomic E-state index is 11.2. The molecule has 6 heteroatoms. The van der Waals surface area contributed by atoms with Crippen LogP contribution in [0.2, 0.25) is 0 Å². The van der Waals surface area contributed by atoms with Gasteiger partial charge >= 0.3 is 0 Å². The lowest BCUT2D eigenvalue weighted by molar-refractivity contribution is 0.111. The second-order valence-corrected chi connectivity index (χ2v) is 10.5. The number of aldehydes is 2. The molecule has 0 aliphatic heterocycles. The molecule has 0 saturated heterocycles. The molecule has 0 radical (unpaired) electrons. The Labute approximate surface area is 177 Å². The Morgan fingerprint density at radius 1 is 0.643 bits per heavy atom. The van der Waals surface area contributed by atoms with Gasteiger partial charge in [-0.3, -0.25) is 9.59 Å². The Morgan fingerprint density at radius 2 is 1.11 bits per heavy atom. The normalized spacial score (nSPS) is 11.4. The average molecular weight is 439 g/mol. The van der Waals surface area contributed by atoms with Crippen LogP contribution in [0, 0.1) is 0 Å². The molecule has 5 rings (SSSR count). The fourth-order valence-corrected chi connectivity index (χ4v) is 7.24. The third-order valence-corrected chi connectivity index (χ3v) is 8.61. The van der Waals surface area contributed by atoms with Gasteiger partial charge in [0, 0.05) is 53.9 Å². The van der Waals surface area contributed by atoms with Crippen molar-refractivity contribution in [2.45, 2.75) is 12.8 Å². The lowest BCUT2D eigenvalue weighted by Gasteiger charge is -1.95. The molecule has 0 aliphatic carbocycles. The van der Waals surface area contributed by atoms with Crippen molar-refractivity contribution in [3.05, 3.63) is 77.8 Å². The zero-order valence-electron chi connectivity index (χ0n) is 14.6. The number of carbonyl (C=O) groups excluding carboxylic acids is 2. The van der Waals surface area contributed by atoms with E-state index in [0.717, 1.165) is 47.7 Å². The van der Waals surface area contributed by atoms with Gasteiger partial charge in [0.15, 0.2) is 12.6 Å². The van der Waals surface area contributed by atoms with E-state index in [-0.39, 0.29) is 0 Å². The van der Waals surface area contributed by atoms with Crippen molar-refractivity contribution in [1.82, 2.24) is 0 Å². The van der Waals surface area contributed by atoms with E-state index in [0.29, 0.717) is 0 Å². The topological polar surface area (TPSA) is 34.1 Å². The van der Waals surface area contributed by atoms with Gasteiger partial charge in [0.1, 0.15) is 0 Å². The highest BCUT2D eigenvalue weighted by Gasteiger charge is 2.11. The summed E-state index contributed by atoms with van der Waals surface area (Å²) in [5, 5.41) is 10.5. The predicted molar refractivity (Wildman–Crippen MR) is 122 cm³/mol. The fourth-order valence-electron chi connectivity index (χ4n) is 3.39. The van der Waals surface area contributed by atoms with Crippen molar-refractivity contribution in [1.29, 1.82) is 0 Å². The smallest absolute Gasteiger partial charge is 0.151 e. The summed E-state index contributed by atoms with van der Waals surface area (Å²) < 4.78 is 2.55. The zero-order chi connectivity index (χ0) is 19.1. The number of carbonyl (C=O) groups is 2. The van der Waals surface area contributed by atoms with E-state index in [2.05, 4.69) is 35.0 Å². The SMILES string of the molecule is O=Cc1cscc1Cc1cc2cc3sc(Cc4cscc4C=O)cc3cc2s1. The molecule has 1 aromatic carbocycles. The molecule has 0 spiro atoms. The van der Waals surface area contributed by atoms with Crippen molar-refractivity contribution < 1.29 is 9.59 Å². The van der Waals surface area contributed by atoms with Gasteiger partial charge in [0.25, 0.3) is 0 Å². The fraction of sp³-hybridized carbons (Fsp3) is 0.0909. The minimum atomic E-state index is 0.802. The monoisotopic (exact) mass is 438 g/mol. The first kappa shape index (κ1) is 17.9. The molecule has 138 valence electrons. The van der Waals surface area contributed by atoms with E-state index < -0.39 is 0 Å². The number of thiophene rings is 4. The number of hydrogen-bond acceptors (Lipinski definition) is 6. The highest BCUT2D eigenvalue weighted by Crippen LogP contribution is 2.36. The van der Waals surface area contributed by atoms with Crippen molar-refractivity contribution in [2.75, 3.05) is 0 Å². The molecule has 4 aromatic heterocycles. The van der Waals surface area contributed by atoms with E-state index >= 15 is 0 Å². The van der Waals surface area contributed by atoms with Gasteiger partial charge in [-0.05, 0) is 56.9 Å². The van der Waals surface area contributed by atoms with Crippen LogP contribution in [0.4, 0.5) is 0 Å². The van der Waals surface area contributed by atoms with Gasteiger partial charge in [-0.1, -0.05) is 0 Å². The molecular formula is C22H14O2S4. The molecule has 28 heavy (non-hydrogen) atoms. The van der Waals surface area contributed by atoms with Crippen molar-refractivity contribution in [3.8, 4) is 0 Å².